The fourth-order valence-electron chi connectivity index (χ4n) is 3.09. The minimum absolute atomic E-state index is 0.0515. The Kier molecular flexibility index (Phi) is 5.42. The van der Waals surface area contributed by atoms with Gasteiger partial charge in [-0.15, -0.1) is 0 Å². The summed E-state index contributed by atoms with van der Waals surface area (Å²) in [5.41, 5.74) is 0.241. The first-order chi connectivity index (χ1) is 13.8. The smallest absolute Gasteiger partial charge is 0.253 e. The quantitative estimate of drug-likeness (QED) is 0.752. The number of fused-ring (bicyclic) bond motifs is 1. The molecule has 4 rings (SSSR count). The summed E-state index contributed by atoms with van der Waals surface area (Å²) in [7, 11) is -2.13. The van der Waals surface area contributed by atoms with Crippen LogP contribution >= 0.6 is 11.6 Å². The summed E-state index contributed by atoms with van der Waals surface area (Å²) in [4.78, 5) is 14.3. The summed E-state index contributed by atoms with van der Waals surface area (Å²) in [5, 5.41) is 0.0815. The maximum absolute atomic E-state index is 12.9. The van der Waals surface area contributed by atoms with Crippen LogP contribution < -0.4 is 14.2 Å². The highest BCUT2D eigenvalue weighted by Gasteiger charge is 2.30. The lowest BCUT2D eigenvalue weighted by molar-refractivity contribution is 0.0521. The molecule has 1 heterocycles. The van der Waals surface area contributed by atoms with Crippen LogP contribution in [0, 0.1) is 0 Å². The molecular formula is C20H21ClN2O5S. The van der Waals surface area contributed by atoms with Gasteiger partial charge in [0.15, 0.2) is 17.6 Å². The first-order valence-electron chi connectivity index (χ1n) is 9.29. The molecule has 1 amide bonds. The number of rotatable bonds is 6. The predicted octanol–water partition coefficient (Wildman–Crippen LogP) is 2.69. The van der Waals surface area contributed by atoms with Gasteiger partial charge in [0, 0.05) is 18.7 Å². The van der Waals surface area contributed by atoms with Crippen LogP contribution in [0.1, 0.15) is 23.2 Å². The van der Waals surface area contributed by atoms with E-state index in [1.54, 1.807) is 7.05 Å². The largest absolute Gasteiger partial charge is 0.486 e. The third-order valence-corrected chi connectivity index (χ3v) is 6.76. The number of ether oxygens (including phenoxy) is 2. The number of hydrogen-bond acceptors (Lipinski definition) is 5. The van der Waals surface area contributed by atoms with Crippen molar-refractivity contribution in [2.24, 2.45) is 0 Å². The number of carbonyl (C=O) groups is 1. The highest BCUT2D eigenvalue weighted by Crippen LogP contribution is 2.31. The molecule has 1 saturated carbocycles. The van der Waals surface area contributed by atoms with Gasteiger partial charge >= 0.3 is 0 Å². The van der Waals surface area contributed by atoms with Crippen molar-refractivity contribution < 1.29 is 22.7 Å². The Morgan fingerprint density at radius 2 is 1.93 bits per heavy atom. The van der Waals surface area contributed by atoms with Gasteiger partial charge in [-0.05, 0) is 43.2 Å². The molecule has 0 saturated heterocycles. The molecule has 0 aromatic heterocycles. The maximum atomic E-state index is 12.9. The molecule has 1 aliphatic heterocycles. The molecule has 0 bridgehead atoms. The van der Waals surface area contributed by atoms with E-state index < -0.39 is 10.0 Å². The molecular weight excluding hydrogens is 416 g/mol. The summed E-state index contributed by atoms with van der Waals surface area (Å²) in [5.74, 6) is 0.982. The monoisotopic (exact) mass is 436 g/mol. The van der Waals surface area contributed by atoms with E-state index in [9.17, 15) is 13.2 Å². The average molecular weight is 437 g/mol. The summed E-state index contributed by atoms with van der Waals surface area (Å²) < 4.78 is 39.2. The van der Waals surface area contributed by atoms with Crippen LogP contribution in [0.4, 0.5) is 0 Å². The molecule has 0 spiro atoms. The third-order valence-electron chi connectivity index (χ3n) is 4.76. The zero-order valence-electron chi connectivity index (χ0n) is 15.8. The van der Waals surface area contributed by atoms with Gasteiger partial charge in [0.25, 0.3) is 5.91 Å². The van der Waals surface area contributed by atoms with E-state index in [2.05, 4.69) is 4.72 Å². The molecule has 0 radical (unpaired) electrons. The zero-order valence-corrected chi connectivity index (χ0v) is 17.4. The zero-order chi connectivity index (χ0) is 20.6. The number of likely N-dealkylation sites (N-methyl/N-ethyl adjacent to an activating group) is 1. The molecule has 2 aromatic rings. The minimum atomic E-state index is -3.77. The van der Waals surface area contributed by atoms with Gasteiger partial charge in [-0.2, -0.15) is 0 Å². The van der Waals surface area contributed by atoms with Crippen molar-refractivity contribution >= 4 is 27.5 Å². The number of benzene rings is 2. The number of hydrogen-bond donors (Lipinski definition) is 1. The van der Waals surface area contributed by atoms with E-state index in [4.69, 9.17) is 21.1 Å². The lowest BCUT2D eigenvalue weighted by Crippen LogP contribution is -2.41. The van der Waals surface area contributed by atoms with Crippen molar-refractivity contribution in [3.05, 3.63) is 53.1 Å². The van der Waals surface area contributed by atoms with Crippen LogP contribution in [0.2, 0.25) is 5.02 Å². The number of nitrogens with zero attached hydrogens (tertiary/aromatic N) is 1. The van der Waals surface area contributed by atoms with Crippen LogP contribution in [0.3, 0.4) is 0 Å². The molecule has 1 N–H and O–H groups in total. The summed E-state index contributed by atoms with van der Waals surface area (Å²) in [6, 6.07) is 11.6. The molecule has 2 aliphatic rings. The van der Waals surface area contributed by atoms with Crippen LogP contribution in [0.5, 0.6) is 11.5 Å². The second kappa shape index (κ2) is 7.85. The van der Waals surface area contributed by atoms with Crippen molar-refractivity contribution in [1.29, 1.82) is 0 Å². The highest BCUT2D eigenvalue weighted by atomic mass is 35.5. The van der Waals surface area contributed by atoms with Gasteiger partial charge in [0.05, 0.1) is 11.6 Å². The summed E-state index contributed by atoms with van der Waals surface area (Å²) in [6.07, 6.45) is 1.29. The van der Waals surface area contributed by atoms with E-state index in [1.807, 2.05) is 24.3 Å². The second-order valence-corrected chi connectivity index (χ2v) is 9.31. The number of sulfonamides is 1. The Balaban J connectivity index is 1.47. The number of para-hydroxylation sites is 2. The molecule has 1 atom stereocenters. The van der Waals surface area contributed by atoms with Crippen LogP contribution in [-0.4, -0.2) is 51.6 Å². The Labute approximate surface area is 174 Å². The SMILES string of the molecule is CN(C[C@@H]1COc2ccccc2O1)C(=O)c1ccc(Cl)c(S(=O)(=O)NC2CC2)c1. The topological polar surface area (TPSA) is 84.9 Å². The number of halogens is 1. The van der Waals surface area contributed by atoms with Crippen molar-refractivity contribution in [1.82, 2.24) is 9.62 Å². The van der Waals surface area contributed by atoms with Crippen LogP contribution in [0.25, 0.3) is 0 Å². The first kappa shape index (κ1) is 20.0. The van der Waals surface area contributed by atoms with Gasteiger partial charge in [0.1, 0.15) is 11.5 Å². The average Bonchev–Trinajstić information content (AvgIpc) is 3.51. The summed E-state index contributed by atoms with van der Waals surface area (Å²) >= 11 is 6.09. The van der Waals surface area contributed by atoms with Gasteiger partial charge < -0.3 is 14.4 Å². The Morgan fingerprint density at radius 3 is 2.66 bits per heavy atom. The van der Waals surface area contributed by atoms with E-state index >= 15 is 0 Å². The molecule has 1 fully saturated rings. The van der Waals surface area contributed by atoms with Gasteiger partial charge in [-0.25, -0.2) is 13.1 Å². The van der Waals surface area contributed by atoms with Gasteiger partial charge in [0.2, 0.25) is 10.0 Å². The standard InChI is InChI=1S/C20H21ClN2O5S/c1-23(11-15-12-27-17-4-2-3-5-18(17)28-15)20(24)13-6-9-16(21)19(10-13)29(25,26)22-14-7-8-14/h2-6,9-10,14-15,22H,7-8,11-12H2,1H3/t15-/m1/s1. The fraction of sp³-hybridized carbons (Fsp3) is 0.350. The van der Waals surface area contributed by atoms with E-state index in [1.165, 1.54) is 23.1 Å². The van der Waals surface area contributed by atoms with E-state index in [-0.39, 0.29) is 40.1 Å². The normalized spacial score (nSPS) is 18.3. The third kappa shape index (κ3) is 4.49. The lowest BCUT2D eigenvalue weighted by Gasteiger charge is -2.29. The highest BCUT2D eigenvalue weighted by molar-refractivity contribution is 7.89. The van der Waals surface area contributed by atoms with Crippen molar-refractivity contribution in [2.45, 2.75) is 29.9 Å². The Bertz CT molecular complexity index is 1040. The molecule has 0 unspecified atom stereocenters. The Hall–Kier alpha value is -2.29. The van der Waals surface area contributed by atoms with E-state index in [0.717, 1.165) is 12.8 Å². The maximum Gasteiger partial charge on any atom is 0.253 e. The number of amides is 1. The fourth-order valence-corrected chi connectivity index (χ4v) is 4.92. The van der Waals surface area contributed by atoms with Crippen molar-refractivity contribution in [2.75, 3.05) is 20.2 Å². The number of nitrogens with one attached hydrogen (secondary N) is 1. The second-order valence-electron chi connectivity index (χ2n) is 7.22. The first-order valence-corrected chi connectivity index (χ1v) is 11.2. The molecule has 1 aliphatic carbocycles. The number of carbonyl (C=O) groups excluding carboxylic acids is 1. The van der Waals surface area contributed by atoms with E-state index in [0.29, 0.717) is 18.1 Å². The predicted molar refractivity (Wildman–Crippen MR) is 108 cm³/mol. The molecule has 154 valence electrons. The minimum Gasteiger partial charge on any atom is -0.486 e. The summed E-state index contributed by atoms with van der Waals surface area (Å²) in [6.45, 7) is 0.610. The van der Waals surface area contributed by atoms with Crippen LogP contribution in [-0.2, 0) is 10.0 Å². The van der Waals surface area contributed by atoms with Gasteiger partial charge in [-0.1, -0.05) is 23.7 Å². The van der Waals surface area contributed by atoms with Crippen LogP contribution in [0.15, 0.2) is 47.4 Å². The Morgan fingerprint density at radius 1 is 1.21 bits per heavy atom. The van der Waals surface area contributed by atoms with Crippen molar-refractivity contribution in [3.63, 3.8) is 0 Å². The molecule has 2 aromatic carbocycles. The molecule has 29 heavy (non-hydrogen) atoms. The molecule has 9 heteroatoms. The molecule has 7 nitrogen and oxygen atoms in total. The van der Waals surface area contributed by atoms with Crippen molar-refractivity contribution in [3.8, 4) is 11.5 Å². The lowest BCUT2D eigenvalue weighted by atomic mass is 10.2. The van der Waals surface area contributed by atoms with Gasteiger partial charge in [-0.3, -0.25) is 4.79 Å².